The van der Waals surface area contributed by atoms with E-state index in [1.807, 2.05) is 31.2 Å². The van der Waals surface area contributed by atoms with E-state index in [-0.39, 0.29) is 30.0 Å². The molecule has 1 aliphatic heterocycles. The number of amides is 3. The number of hydrogen-bond acceptors (Lipinski definition) is 3. The minimum atomic E-state index is -0.203. The number of urea groups is 1. The molecule has 0 bridgehead atoms. The molecular formula is C18H25N3O3. The molecule has 3 N–H and O–H groups in total. The van der Waals surface area contributed by atoms with Crippen molar-refractivity contribution in [2.75, 3.05) is 11.9 Å². The summed E-state index contributed by atoms with van der Waals surface area (Å²) >= 11 is 0. The SMILES string of the molecule is CC(NC(=O)NCc1cccc(NC(=O)C2CC2)c1)C1CCCO1. The van der Waals surface area contributed by atoms with Crippen LogP contribution < -0.4 is 16.0 Å². The van der Waals surface area contributed by atoms with Crippen LogP contribution in [0.5, 0.6) is 0 Å². The molecule has 1 saturated carbocycles. The third kappa shape index (κ3) is 4.71. The fourth-order valence-corrected chi connectivity index (χ4v) is 2.88. The summed E-state index contributed by atoms with van der Waals surface area (Å²) in [6.07, 6.45) is 4.12. The summed E-state index contributed by atoms with van der Waals surface area (Å²) in [6.45, 7) is 3.15. The molecule has 3 rings (SSSR count). The number of ether oxygens (including phenoxy) is 1. The second-order valence-corrected chi connectivity index (χ2v) is 6.63. The van der Waals surface area contributed by atoms with Crippen molar-refractivity contribution in [3.05, 3.63) is 29.8 Å². The van der Waals surface area contributed by atoms with Gasteiger partial charge < -0.3 is 20.7 Å². The number of carbonyl (C=O) groups is 2. The van der Waals surface area contributed by atoms with Crippen LogP contribution in [0.3, 0.4) is 0 Å². The van der Waals surface area contributed by atoms with Gasteiger partial charge in [0.15, 0.2) is 0 Å². The molecule has 6 nitrogen and oxygen atoms in total. The molecule has 2 fully saturated rings. The molecule has 0 aromatic heterocycles. The molecule has 24 heavy (non-hydrogen) atoms. The molecule has 1 heterocycles. The van der Waals surface area contributed by atoms with Crippen LogP contribution in [0.15, 0.2) is 24.3 Å². The fourth-order valence-electron chi connectivity index (χ4n) is 2.88. The number of nitrogens with one attached hydrogen (secondary N) is 3. The van der Waals surface area contributed by atoms with Gasteiger partial charge in [-0.15, -0.1) is 0 Å². The Bertz CT molecular complexity index is 595. The number of benzene rings is 1. The Balaban J connectivity index is 1.45. The van der Waals surface area contributed by atoms with Crippen molar-refractivity contribution in [1.82, 2.24) is 10.6 Å². The van der Waals surface area contributed by atoms with Crippen LogP contribution in [-0.2, 0) is 16.1 Å². The van der Waals surface area contributed by atoms with Crippen molar-refractivity contribution < 1.29 is 14.3 Å². The van der Waals surface area contributed by atoms with E-state index in [1.54, 1.807) is 0 Å². The van der Waals surface area contributed by atoms with Crippen molar-refractivity contribution >= 4 is 17.6 Å². The standard InChI is InChI=1S/C18H25N3O3/c1-12(16-6-3-9-24-16)20-18(23)19-11-13-4-2-5-15(10-13)21-17(22)14-7-8-14/h2,4-5,10,12,14,16H,3,6-9,11H2,1H3,(H,21,22)(H2,19,20,23). The van der Waals surface area contributed by atoms with Gasteiger partial charge >= 0.3 is 6.03 Å². The first-order valence-corrected chi connectivity index (χ1v) is 8.67. The van der Waals surface area contributed by atoms with Crippen LogP contribution in [0.4, 0.5) is 10.5 Å². The Morgan fingerprint density at radius 3 is 2.83 bits per heavy atom. The molecular weight excluding hydrogens is 306 g/mol. The zero-order valence-electron chi connectivity index (χ0n) is 14.0. The van der Waals surface area contributed by atoms with Crippen LogP contribution in [0, 0.1) is 5.92 Å². The third-order valence-electron chi connectivity index (χ3n) is 4.48. The van der Waals surface area contributed by atoms with Crippen molar-refractivity contribution in [3.63, 3.8) is 0 Å². The highest BCUT2D eigenvalue weighted by atomic mass is 16.5. The summed E-state index contributed by atoms with van der Waals surface area (Å²) in [5.74, 6) is 0.264. The molecule has 2 unspecified atom stereocenters. The summed E-state index contributed by atoms with van der Waals surface area (Å²) in [5, 5.41) is 8.69. The van der Waals surface area contributed by atoms with Gasteiger partial charge in [-0.1, -0.05) is 12.1 Å². The van der Waals surface area contributed by atoms with Crippen LogP contribution >= 0.6 is 0 Å². The quantitative estimate of drug-likeness (QED) is 0.749. The number of anilines is 1. The number of hydrogen-bond donors (Lipinski definition) is 3. The molecule has 1 aromatic rings. The predicted octanol–water partition coefficient (Wildman–Crippen LogP) is 2.40. The average molecular weight is 331 g/mol. The predicted molar refractivity (Wildman–Crippen MR) is 91.6 cm³/mol. The highest BCUT2D eigenvalue weighted by molar-refractivity contribution is 5.94. The van der Waals surface area contributed by atoms with Gasteiger partial charge in [-0.05, 0) is 50.3 Å². The van der Waals surface area contributed by atoms with Crippen molar-refractivity contribution in [1.29, 1.82) is 0 Å². The highest BCUT2D eigenvalue weighted by Crippen LogP contribution is 2.30. The Morgan fingerprint density at radius 1 is 1.29 bits per heavy atom. The van der Waals surface area contributed by atoms with E-state index in [9.17, 15) is 9.59 Å². The summed E-state index contributed by atoms with van der Waals surface area (Å²) < 4.78 is 5.57. The number of rotatable bonds is 6. The highest BCUT2D eigenvalue weighted by Gasteiger charge is 2.29. The van der Waals surface area contributed by atoms with Gasteiger partial charge in [0.25, 0.3) is 0 Å². The van der Waals surface area contributed by atoms with Crippen molar-refractivity contribution in [3.8, 4) is 0 Å². The van der Waals surface area contributed by atoms with Gasteiger partial charge in [0.1, 0.15) is 0 Å². The van der Waals surface area contributed by atoms with E-state index in [1.165, 1.54) is 0 Å². The van der Waals surface area contributed by atoms with E-state index in [4.69, 9.17) is 4.74 Å². The van der Waals surface area contributed by atoms with Crippen LogP contribution in [0.2, 0.25) is 0 Å². The molecule has 1 aromatic carbocycles. The largest absolute Gasteiger partial charge is 0.376 e. The van der Waals surface area contributed by atoms with Crippen molar-refractivity contribution in [2.45, 2.75) is 51.3 Å². The second-order valence-electron chi connectivity index (χ2n) is 6.63. The maximum Gasteiger partial charge on any atom is 0.315 e. The number of carbonyl (C=O) groups excluding carboxylic acids is 2. The van der Waals surface area contributed by atoms with Gasteiger partial charge in [0, 0.05) is 24.8 Å². The monoisotopic (exact) mass is 331 g/mol. The van der Waals surface area contributed by atoms with Crippen molar-refractivity contribution in [2.24, 2.45) is 5.92 Å². The summed E-state index contributed by atoms with van der Waals surface area (Å²) in [6, 6.07) is 7.36. The first kappa shape index (κ1) is 16.8. The lowest BCUT2D eigenvalue weighted by molar-refractivity contribution is -0.117. The first-order valence-electron chi connectivity index (χ1n) is 8.67. The third-order valence-corrected chi connectivity index (χ3v) is 4.48. The molecule has 0 spiro atoms. The van der Waals surface area contributed by atoms with E-state index in [0.29, 0.717) is 6.54 Å². The molecule has 3 amide bonds. The van der Waals surface area contributed by atoms with Crippen LogP contribution in [0.1, 0.15) is 38.2 Å². The Hall–Kier alpha value is -2.08. The van der Waals surface area contributed by atoms with Gasteiger partial charge in [0.05, 0.1) is 12.1 Å². The fraction of sp³-hybridized carbons (Fsp3) is 0.556. The van der Waals surface area contributed by atoms with E-state index < -0.39 is 0 Å². The van der Waals surface area contributed by atoms with Gasteiger partial charge in [-0.3, -0.25) is 4.79 Å². The molecule has 130 valence electrons. The van der Waals surface area contributed by atoms with E-state index >= 15 is 0 Å². The van der Waals surface area contributed by atoms with Crippen LogP contribution in [0.25, 0.3) is 0 Å². The molecule has 0 radical (unpaired) electrons. The lowest BCUT2D eigenvalue weighted by Crippen LogP contribution is -2.45. The maximum atomic E-state index is 12.0. The molecule has 6 heteroatoms. The maximum absolute atomic E-state index is 12.0. The summed E-state index contributed by atoms with van der Waals surface area (Å²) in [5.41, 5.74) is 1.72. The summed E-state index contributed by atoms with van der Waals surface area (Å²) in [4.78, 5) is 23.8. The smallest absolute Gasteiger partial charge is 0.315 e. The average Bonchev–Trinajstić information content (AvgIpc) is 3.28. The molecule has 1 saturated heterocycles. The zero-order chi connectivity index (χ0) is 16.9. The first-order chi connectivity index (χ1) is 11.6. The Kier molecular flexibility index (Phi) is 5.35. The lowest BCUT2D eigenvalue weighted by atomic mass is 10.1. The van der Waals surface area contributed by atoms with Gasteiger partial charge in [-0.2, -0.15) is 0 Å². The van der Waals surface area contributed by atoms with Crippen LogP contribution in [-0.4, -0.2) is 30.7 Å². The zero-order valence-corrected chi connectivity index (χ0v) is 14.0. The topological polar surface area (TPSA) is 79.5 Å². The minimum Gasteiger partial charge on any atom is -0.376 e. The Labute approximate surface area is 142 Å². The molecule has 2 atom stereocenters. The van der Waals surface area contributed by atoms with Gasteiger partial charge in [-0.25, -0.2) is 4.79 Å². The Morgan fingerprint density at radius 2 is 2.12 bits per heavy atom. The second kappa shape index (κ2) is 7.66. The molecule has 1 aliphatic carbocycles. The lowest BCUT2D eigenvalue weighted by Gasteiger charge is -2.20. The van der Waals surface area contributed by atoms with E-state index in [0.717, 1.165) is 43.5 Å². The normalized spacial score (nSPS) is 21.1. The summed E-state index contributed by atoms with van der Waals surface area (Å²) in [7, 11) is 0. The van der Waals surface area contributed by atoms with Gasteiger partial charge in [0.2, 0.25) is 5.91 Å². The van der Waals surface area contributed by atoms with E-state index in [2.05, 4.69) is 16.0 Å². The molecule has 2 aliphatic rings. The minimum absolute atomic E-state index is 0.00309.